The molecule has 1 aromatic carbocycles. The lowest BCUT2D eigenvalue weighted by atomic mass is 10.0. The summed E-state index contributed by atoms with van der Waals surface area (Å²) in [6.45, 7) is 8.08. The van der Waals surface area contributed by atoms with Crippen LogP contribution in [-0.4, -0.2) is 47.4 Å². The Labute approximate surface area is 145 Å². The molecule has 1 fully saturated rings. The van der Waals surface area contributed by atoms with Gasteiger partial charge < -0.3 is 9.64 Å². The summed E-state index contributed by atoms with van der Waals surface area (Å²) in [5.41, 5.74) is 2.62. The molecule has 2 atom stereocenters. The SMILES string of the molecule is CC1Cc2ccc(C(C)N3CCN(c4n[nH]c(=O)s4)CC3)cc2O1. The van der Waals surface area contributed by atoms with E-state index in [9.17, 15) is 4.79 Å². The van der Waals surface area contributed by atoms with E-state index in [-0.39, 0.29) is 11.0 Å². The van der Waals surface area contributed by atoms with Gasteiger partial charge in [0.05, 0.1) is 0 Å². The number of ether oxygens (including phenoxy) is 1. The van der Waals surface area contributed by atoms with E-state index in [1.165, 1.54) is 22.5 Å². The van der Waals surface area contributed by atoms with E-state index in [0.717, 1.165) is 43.5 Å². The molecule has 1 saturated heterocycles. The van der Waals surface area contributed by atoms with E-state index in [4.69, 9.17) is 4.74 Å². The summed E-state index contributed by atoms with van der Waals surface area (Å²) in [6, 6.07) is 7.00. The number of aromatic nitrogens is 2. The molecule has 1 N–H and O–H groups in total. The number of fused-ring (bicyclic) bond motifs is 1. The minimum Gasteiger partial charge on any atom is -0.490 e. The topological polar surface area (TPSA) is 61.5 Å². The third kappa shape index (κ3) is 2.93. The van der Waals surface area contributed by atoms with Crippen LogP contribution >= 0.6 is 11.3 Å². The molecule has 0 saturated carbocycles. The molecule has 128 valence electrons. The largest absolute Gasteiger partial charge is 0.490 e. The van der Waals surface area contributed by atoms with Crippen molar-refractivity contribution in [2.24, 2.45) is 0 Å². The standard InChI is InChI=1S/C17H22N4O2S/c1-11-9-14-4-3-13(10-15(14)23-11)12(2)20-5-7-21(8-6-20)16-18-19-17(22)24-16/h3-4,10-12H,5-9H2,1-2H3,(H,19,22). The Morgan fingerprint density at radius 2 is 2.12 bits per heavy atom. The Hall–Kier alpha value is -1.86. The van der Waals surface area contributed by atoms with Gasteiger partial charge >= 0.3 is 4.87 Å². The third-order valence-electron chi connectivity index (χ3n) is 4.97. The molecular formula is C17H22N4O2S. The summed E-state index contributed by atoms with van der Waals surface area (Å²) in [5, 5.41) is 7.38. The predicted octanol–water partition coefficient (Wildman–Crippen LogP) is 2.04. The molecule has 0 spiro atoms. The summed E-state index contributed by atoms with van der Waals surface area (Å²) in [4.78, 5) is 15.8. The molecule has 7 heteroatoms. The van der Waals surface area contributed by atoms with Gasteiger partial charge in [-0.25, -0.2) is 5.10 Å². The Morgan fingerprint density at radius 1 is 1.33 bits per heavy atom. The van der Waals surface area contributed by atoms with Crippen LogP contribution in [-0.2, 0) is 6.42 Å². The summed E-state index contributed by atoms with van der Waals surface area (Å²) in [7, 11) is 0. The van der Waals surface area contributed by atoms with E-state index >= 15 is 0 Å². The van der Waals surface area contributed by atoms with Gasteiger partial charge in [0.25, 0.3) is 0 Å². The first kappa shape index (κ1) is 15.7. The zero-order valence-corrected chi connectivity index (χ0v) is 14.8. The number of hydrogen-bond acceptors (Lipinski definition) is 6. The zero-order chi connectivity index (χ0) is 16.7. The molecule has 4 rings (SSSR count). The smallest absolute Gasteiger partial charge is 0.324 e. The van der Waals surface area contributed by atoms with Gasteiger partial charge in [-0.2, -0.15) is 0 Å². The molecule has 24 heavy (non-hydrogen) atoms. The first-order valence-electron chi connectivity index (χ1n) is 8.44. The van der Waals surface area contributed by atoms with Gasteiger partial charge in [-0.1, -0.05) is 12.1 Å². The van der Waals surface area contributed by atoms with Gasteiger partial charge in [-0.15, -0.1) is 5.10 Å². The second-order valence-electron chi connectivity index (χ2n) is 6.59. The molecule has 2 aliphatic heterocycles. The average Bonchev–Trinajstić information content (AvgIpc) is 3.18. The lowest BCUT2D eigenvalue weighted by Gasteiger charge is -2.38. The fourth-order valence-electron chi connectivity index (χ4n) is 3.55. The van der Waals surface area contributed by atoms with Gasteiger partial charge in [0.2, 0.25) is 5.13 Å². The van der Waals surface area contributed by atoms with Crippen LogP contribution in [0.1, 0.15) is 31.0 Å². The van der Waals surface area contributed by atoms with Crippen LogP contribution in [0.5, 0.6) is 5.75 Å². The minimum atomic E-state index is -0.0897. The molecule has 3 heterocycles. The molecule has 1 aromatic heterocycles. The number of anilines is 1. The van der Waals surface area contributed by atoms with Crippen molar-refractivity contribution in [2.45, 2.75) is 32.4 Å². The van der Waals surface area contributed by atoms with Gasteiger partial charge in [0.1, 0.15) is 11.9 Å². The molecule has 0 amide bonds. The van der Waals surface area contributed by atoms with E-state index in [2.05, 4.69) is 52.0 Å². The lowest BCUT2D eigenvalue weighted by Crippen LogP contribution is -2.47. The molecular weight excluding hydrogens is 324 g/mol. The number of nitrogens with zero attached hydrogens (tertiary/aromatic N) is 3. The quantitative estimate of drug-likeness (QED) is 0.921. The van der Waals surface area contributed by atoms with Gasteiger partial charge in [-0.3, -0.25) is 9.69 Å². The van der Waals surface area contributed by atoms with Gasteiger partial charge in [0, 0.05) is 38.6 Å². The Bertz CT molecular complexity index is 779. The number of rotatable bonds is 3. The molecule has 2 unspecified atom stereocenters. The zero-order valence-electron chi connectivity index (χ0n) is 14.0. The van der Waals surface area contributed by atoms with Gasteiger partial charge in [-0.05, 0) is 42.4 Å². The highest BCUT2D eigenvalue weighted by Crippen LogP contribution is 2.33. The van der Waals surface area contributed by atoms with E-state index in [0.29, 0.717) is 6.04 Å². The summed E-state index contributed by atoms with van der Waals surface area (Å²) < 4.78 is 5.90. The average molecular weight is 346 g/mol. The van der Waals surface area contributed by atoms with Crippen LogP contribution in [0.3, 0.4) is 0 Å². The molecule has 2 aromatic rings. The Morgan fingerprint density at radius 3 is 2.83 bits per heavy atom. The highest BCUT2D eigenvalue weighted by Gasteiger charge is 2.25. The predicted molar refractivity (Wildman–Crippen MR) is 95.2 cm³/mol. The van der Waals surface area contributed by atoms with Crippen LogP contribution < -0.4 is 14.5 Å². The Balaban J connectivity index is 1.42. The van der Waals surface area contributed by atoms with E-state index < -0.39 is 0 Å². The maximum atomic E-state index is 11.3. The van der Waals surface area contributed by atoms with Crippen molar-refractivity contribution in [1.29, 1.82) is 0 Å². The van der Waals surface area contributed by atoms with Crippen LogP contribution in [0.25, 0.3) is 0 Å². The number of benzene rings is 1. The minimum absolute atomic E-state index is 0.0897. The van der Waals surface area contributed by atoms with E-state index in [1.54, 1.807) is 0 Å². The maximum Gasteiger partial charge on any atom is 0.324 e. The van der Waals surface area contributed by atoms with Crippen molar-refractivity contribution >= 4 is 16.5 Å². The van der Waals surface area contributed by atoms with Crippen LogP contribution in [0.4, 0.5) is 5.13 Å². The monoisotopic (exact) mass is 346 g/mol. The van der Waals surface area contributed by atoms with Crippen LogP contribution in [0, 0.1) is 0 Å². The fourth-order valence-corrected chi connectivity index (χ4v) is 4.21. The van der Waals surface area contributed by atoms with Gasteiger partial charge in [0.15, 0.2) is 0 Å². The number of aromatic amines is 1. The third-order valence-corrected chi connectivity index (χ3v) is 5.78. The van der Waals surface area contributed by atoms with Crippen molar-refractivity contribution in [3.63, 3.8) is 0 Å². The van der Waals surface area contributed by atoms with Crippen LogP contribution in [0.2, 0.25) is 0 Å². The highest BCUT2D eigenvalue weighted by atomic mass is 32.1. The second kappa shape index (κ2) is 6.22. The summed E-state index contributed by atoms with van der Waals surface area (Å²) in [6.07, 6.45) is 1.30. The molecule has 0 aliphatic carbocycles. The van der Waals surface area contributed by atoms with Crippen molar-refractivity contribution < 1.29 is 4.74 Å². The van der Waals surface area contributed by atoms with Crippen molar-refractivity contribution in [3.05, 3.63) is 39.0 Å². The van der Waals surface area contributed by atoms with E-state index in [1.807, 2.05) is 0 Å². The number of hydrogen-bond donors (Lipinski definition) is 1. The second-order valence-corrected chi connectivity index (χ2v) is 7.53. The molecule has 0 bridgehead atoms. The first-order chi connectivity index (χ1) is 11.6. The number of H-pyrrole nitrogens is 1. The van der Waals surface area contributed by atoms with Crippen molar-refractivity contribution in [2.75, 3.05) is 31.1 Å². The Kier molecular flexibility index (Phi) is 4.05. The van der Waals surface area contributed by atoms with Crippen molar-refractivity contribution in [1.82, 2.24) is 15.1 Å². The molecule has 6 nitrogen and oxygen atoms in total. The fraction of sp³-hybridized carbons (Fsp3) is 0.529. The maximum absolute atomic E-state index is 11.3. The van der Waals surface area contributed by atoms with Crippen molar-refractivity contribution in [3.8, 4) is 5.75 Å². The number of nitrogens with one attached hydrogen (secondary N) is 1. The summed E-state index contributed by atoms with van der Waals surface area (Å²) >= 11 is 1.18. The first-order valence-corrected chi connectivity index (χ1v) is 9.26. The normalized spacial score (nSPS) is 22.2. The molecule has 2 aliphatic rings. The van der Waals surface area contributed by atoms with Crippen LogP contribution in [0.15, 0.2) is 23.0 Å². The molecule has 0 radical (unpaired) electrons. The lowest BCUT2D eigenvalue weighted by molar-refractivity contribution is 0.197. The summed E-state index contributed by atoms with van der Waals surface area (Å²) in [5.74, 6) is 1.05. The number of piperazine rings is 1. The highest BCUT2D eigenvalue weighted by molar-refractivity contribution is 7.12.